The van der Waals surface area contributed by atoms with E-state index in [1.165, 1.54) is 18.2 Å². The van der Waals surface area contributed by atoms with Crippen LogP contribution in [0, 0.1) is 5.92 Å². The Bertz CT molecular complexity index is 685. The molecule has 142 valence electrons. The van der Waals surface area contributed by atoms with Crippen molar-refractivity contribution < 1.29 is 29.4 Å². The molecular formula is C19H25NO6. The summed E-state index contributed by atoms with van der Waals surface area (Å²) < 4.78 is 5.21. The fourth-order valence-electron chi connectivity index (χ4n) is 2.99. The van der Waals surface area contributed by atoms with Gasteiger partial charge in [-0.25, -0.2) is 9.86 Å². The molecule has 2 N–H and O–H groups in total. The molecule has 1 aliphatic heterocycles. The summed E-state index contributed by atoms with van der Waals surface area (Å²) in [6, 6.07) is 2.56. The van der Waals surface area contributed by atoms with Gasteiger partial charge in [0.1, 0.15) is 17.1 Å². The summed E-state index contributed by atoms with van der Waals surface area (Å²) in [5, 5.41) is 21.1. The van der Waals surface area contributed by atoms with Crippen molar-refractivity contribution in [1.82, 2.24) is 5.06 Å². The highest BCUT2D eigenvalue weighted by Crippen LogP contribution is 2.31. The summed E-state index contributed by atoms with van der Waals surface area (Å²) in [5.74, 6) is -1.36. The van der Waals surface area contributed by atoms with Gasteiger partial charge in [-0.15, -0.1) is 0 Å². The van der Waals surface area contributed by atoms with Crippen LogP contribution in [0.5, 0.6) is 11.5 Å². The molecule has 0 saturated carbocycles. The number of hydrogen-bond donors (Lipinski definition) is 2. The first-order valence-corrected chi connectivity index (χ1v) is 8.60. The third-order valence-corrected chi connectivity index (χ3v) is 4.41. The number of esters is 1. The molecule has 7 heteroatoms. The summed E-state index contributed by atoms with van der Waals surface area (Å²) in [6.45, 7) is 0.218. The summed E-state index contributed by atoms with van der Waals surface area (Å²) >= 11 is 0. The van der Waals surface area contributed by atoms with Crippen LogP contribution in [0.25, 0.3) is 0 Å². The van der Waals surface area contributed by atoms with Crippen LogP contribution in [0.15, 0.2) is 24.3 Å². The van der Waals surface area contributed by atoms with Crippen LogP contribution in [0.4, 0.5) is 0 Å². The molecule has 7 nitrogen and oxygen atoms in total. The molecule has 1 unspecified atom stereocenters. The maximum Gasteiger partial charge on any atom is 0.342 e. The number of hydroxylamine groups is 2. The van der Waals surface area contributed by atoms with Gasteiger partial charge in [-0.2, -0.15) is 0 Å². The quantitative estimate of drug-likeness (QED) is 0.487. The monoisotopic (exact) mass is 363 g/mol. The van der Waals surface area contributed by atoms with Gasteiger partial charge in [0.05, 0.1) is 13.7 Å². The number of nitrogens with zero attached hydrogens (tertiary/aromatic N) is 1. The van der Waals surface area contributed by atoms with Crippen LogP contribution in [0.2, 0.25) is 0 Å². The SMILES string of the molecule is CON(C)C(=O)CC1CC/C=C/CCOC(=O)c2c(O)cc(O)cc2C1. The van der Waals surface area contributed by atoms with E-state index in [1.54, 1.807) is 7.05 Å². The summed E-state index contributed by atoms with van der Waals surface area (Å²) in [6.07, 6.45) is 6.61. The topological polar surface area (TPSA) is 96.3 Å². The molecule has 0 aromatic heterocycles. The van der Waals surface area contributed by atoms with Crippen LogP contribution in [0.1, 0.15) is 41.6 Å². The number of allylic oxidation sites excluding steroid dienone is 1. The third-order valence-electron chi connectivity index (χ3n) is 4.41. The van der Waals surface area contributed by atoms with E-state index in [4.69, 9.17) is 9.57 Å². The molecule has 0 saturated heterocycles. The Labute approximate surface area is 152 Å². The molecule has 0 fully saturated rings. The maximum atomic E-state index is 12.4. The zero-order valence-corrected chi connectivity index (χ0v) is 15.1. The lowest BCUT2D eigenvalue weighted by atomic mass is 9.88. The number of phenolic OH excluding ortho intramolecular Hbond substituents is 2. The number of carbonyl (C=O) groups is 2. The number of fused-ring (bicyclic) bond motifs is 1. The molecule has 2 rings (SSSR count). The van der Waals surface area contributed by atoms with E-state index in [9.17, 15) is 19.8 Å². The number of benzene rings is 1. The van der Waals surface area contributed by atoms with Gasteiger partial charge in [0.15, 0.2) is 0 Å². The first-order chi connectivity index (χ1) is 12.4. The van der Waals surface area contributed by atoms with Gasteiger partial charge < -0.3 is 14.9 Å². The zero-order chi connectivity index (χ0) is 19.1. The van der Waals surface area contributed by atoms with Crippen molar-refractivity contribution in [3.8, 4) is 11.5 Å². The molecule has 26 heavy (non-hydrogen) atoms. The lowest BCUT2D eigenvalue weighted by Gasteiger charge is -2.21. The molecular weight excluding hydrogens is 338 g/mol. The van der Waals surface area contributed by atoms with E-state index >= 15 is 0 Å². The van der Waals surface area contributed by atoms with Crippen molar-refractivity contribution in [2.75, 3.05) is 20.8 Å². The smallest absolute Gasteiger partial charge is 0.342 e. The molecule has 0 radical (unpaired) electrons. The summed E-state index contributed by atoms with van der Waals surface area (Å²) in [7, 11) is 2.96. The lowest BCUT2D eigenvalue weighted by molar-refractivity contribution is -0.169. The summed E-state index contributed by atoms with van der Waals surface area (Å²) in [5.41, 5.74) is 0.514. The first-order valence-electron chi connectivity index (χ1n) is 8.60. The van der Waals surface area contributed by atoms with Crippen molar-refractivity contribution in [3.63, 3.8) is 0 Å². The fourth-order valence-corrected chi connectivity index (χ4v) is 2.99. The molecule has 1 aromatic carbocycles. The number of amides is 1. The Morgan fingerprint density at radius 1 is 1.31 bits per heavy atom. The second-order valence-corrected chi connectivity index (χ2v) is 6.32. The van der Waals surface area contributed by atoms with Gasteiger partial charge >= 0.3 is 5.97 Å². The number of aromatic hydroxyl groups is 2. The molecule has 1 amide bonds. The molecule has 1 aliphatic rings. The average Bonchev–Trinajstić information content (AvgIpc) is 2.58. The van der Waals surface area contributed by atoms with E-state index in [0.29, 0.717) is 18.4 Å². The van der Waals surface area contributed by atoms with Crippen molar-refractivity contribution in [1.29, 1.82) is 0 Å². The highest BCUT2D eigenvalue weighted by Gasteiger charge is 2.24. The molecule has 0 bridgehead atoms. The Balaban J connectivity index is 2.34. The van der Waals surface area contributed by atoms with Gasteiger partial charge in [0.2, 0.25) is 5.91 Å². The second kappa shape index (κ2) is 9.24. The van der Waals surface area contributed by atoms with Gasteiger partial charge in [-0.3, -0.25) is 9.63 Å². The standard InChI is InChI=1S/C19H25NO6/c1-20(25-2)17(23)10-13-7-5-3-4-6-8-26-19(24)18-14(9-13)11-15(21)12-16(18)22/h3-4,11-13,21-22H,5-10H2,1-2H3/b4-3+. The van der Waals surface area contributed by atoms with Gasteiger partial charge in [-0.1, -0.05) is 12.2 Å². The molecule has 1 atom stereocenters. The third kappa shape index (κ3) is 5.23. The Hall–Kier alpha value is -2.54. The minimum Gasteiger partial charge on any atom is -0.508 e. The van der Waals surface area contributed by atoms with Crippen LogP contribution in [-0.4, -0.2) is 47.9 Å². The van der Waals surface area contributed by atoms with Crippen molar-refractivity contribution in [2.24, 2.45) is 5.92 Å². The molecule has 1 aromatic rings. The highest BCUT2D eigenvalue weighted by atomic mass is 16.7. The van der Waals surface area contributed by atoms with E-state index < -0.39 is 5.97 Å². The normalized spacial score (nSPS) is 19.5. The van der Waals surface area contributed by atoms with Crippen LogP contribution in [-0.2, 0) is 20.8 Å². The minimum atomic E-state index is -0.634. The predicted octanol–water partition coefficient (Wildman–Crippen LogP) is 2.56. The fraction of sp³-hybridized carbons (Fsp3) is 0.474. The number of phenols is 2. The van der Waals surface area contributed by atoms with Crippen molar-refractivity contribution in [3.05, 3.63) is 35.4 Å². The van der Waals surface area contributed by atoms with E-state index in [1.807, 2.05) is 12.2 Å². The minimum absolute atomic E-state index is 0.0462. The zero-order valence-electron chi connectivity index (χ0n) is 15.1. The average molecular weight is 363 g/mol. The van der Waals surface area contributed by atoms with Crippen LogP contribution in [0.3, 0.4) is 0 Å². The maximum absolute atomic E-state index is 12.4. The number of rotatable bonds is 3. The lowest BCUT2D eigenvalue weighted by Crippen LogP contribution is -2.28. The predicted molar refractivity (Wildman–Crippen MR) is 94.6 cm³/mol. The number of ether oxygens (including phenoxy) is 1. The number of cyclic esters (lactones) is 1. The van der Waals surface area contributed by atoms with Crippen molar-refractivity contribution >= 4 is 11.9 Å². The first kappa shape index (κ1) is 19.8. The van der Waals surface area contributed by atoms with E-state index in [2.05, 4.69) is 0 Å². The Morgan fingerprint density at radius 2 is 2.04 bits per heavy atom. The van der Waals surface area contributed by atoms with E-state index in [-0.39, 0.29) is 41.9 Å². The number of hydrogen-bond acceptors (Lipinski definition) is 6. The highest BCUT2D eigenvalue weighted by molar-refractivity contribution is 5.94. The second-order valence-electron chi connectivity index (χ2n) is 6.32. The largest absolute Gasteiger partial charge is 0.508 e. The van der Waals surface area contributed by atoms with Crippen molar-refractivity contribution in [2.45, 2.75) is 32.1 Å². The molecule has 0 aliphatic carbocycles. The van der Waals surface area contributed by atoms with Gasteiger partial charge in [-0.05, 0) is 43.2 Å². The number of carbonyl (C=O) groups excluding carboxylic acids is 2. The Morgan fingerprint density at radius 3 is 2.77 bits per heavy atom. The van der Waals surface area contributed by atoms with Crippen LogP contribution >= 0.6 is 0 Å². The van der Waals surface area contributed by atoms with Gasteiger partial charge in [0.25, 0.3) is 0 Å². The molecule has 1 heterocycles. The molecule has 0 spiro atoms. The summed E-state index contributed by atoms with van der Waals surface area (Å²) in [4.78, 5) is 29.5. The van der Waals surface area contributed by atoms with Crippen LogP contribution < -0.4 is 0 Å². The Kier molecular flexibility index (Phi) is 7.03. The van der Waals surface area contributed by atoms with E-state index in [0.717, 1.165) is 18.9 Å². The van der Waals surface area contributed by atoms with Gasteiger partial charge in [0, 0.05) is 19.5 Å².